The third kappa shape index (κ3) is 3.13. The largest absolute Gasteiger partial charge is 0.493 e. The van der Waals surface area contributed by atoms with Crippen LogP contribution in [0.25, 0.3) is 0 Å². The summed E-state index contributed by atoms with van der Waals surface area (Å²) in [4.78, 5) is 6.76. The molecule has 4 nitrogen and oxygen atoms in total. The molecule has 0 atom stereocenters. The van der Waals surface area contributed by atoms with Gasteiger partial charge in [0.15, 0.2) is 11.6 Å². The second-order valence-electron chi connectivity index (χ2n) is 4.74. The molecule has 1 N–H and O–H groups in total. The molecule has 2 rings (SSSR count). The normalized spacial score (nSPS) is 16.9. The van der Waals surface area contributed by atoms with Crippen molar-refractivity contribution in [2.24, 2.45) is 0 Å². The van der Waals surface area contributed by atoms with Gasteiger partial charge in [0.25, 0.3) is 0 Å². The topological polar surface area (TPSA) is 37.4 Å². The summed E-state index contributed by atoms with van der Waals surface area (Å²) in [6.45, 7) is 5.43. The van der Waals surface area contributed by atoms with Gasteiger partial charge in [-0.2, -0.15) is 0 Å². The van der Waals surface area contributed by atoms with E-state index in [1.807, 2.05) is 18.3 Å². The van der Waals surface area contributed by atoms with Gasteiger partial charge >= 0.3 is 0 Å². The quantitative estimate of drug-likeness (QED) is 0.866. The van der Waals surface area contributed by atoms with E-state index in [0.717, 1.165) is 31.2 Å². The average Bonchev–Trinajstić information content (AvgIpc) is 2.45. The standard InChI is InChI=1S/C14H23N3O/c1-3-8-15-12-6-10-17(11-7-12)14-13(18-2)5-4-9-16-14/h4-5,9,12,15H,3,6-8,10-11H2,1-2H3. The van der Waals surface area contributed by atoms with E-state index < -0.39 is 0 Å². The number of hydrogen-bond acceptors (Lipinski definition) is 4. The Morgan fingerprint density at radius 2 is 2.22 bits per heavy atom. The van der Waals surface area contributed by atoms with Crippen LogP contribution in [0.2, 0.25) is 0 Å². The summed E-state index contributed by atoms with van der Waals surface area (Å²) >= 11 is 0. The van der Waals surface area contributed by atoms with Gasteiger partial charge < -0.3 is 15.0 Å². The zero-order valence-corrected chi connectivity index (χ0v) is 11.4. The molecule has 0 aliphatic carbocycles. The van der Waals surface area contributed by atoms with Gasteiger partial charge in [0, 0.05) is 25.3 Å². The third-order valence-electron chi connectivity index (χ3n) is 3.45. The monoisotopic (exact) mass is 249 g/mol. The lowest BCUT2D eigenvalue weighted by Gasteiger charge is -2.33. The highest BCUT2D eigenvalue weighted by atomic mass is 16.5. The van der Waals surface area contributed by atoms with E-state index in [1.165, 1.54) is 19.3 Å². The van der Waals surface area contributed by atoms with Crippen molar-refractivity contribution in [3.8, 4) is 5.75 Å². The number of nitrogens with one attached hydrogen (secondary N) is 1. The maximum atomic E-state index is 5.37. The van der Waals surface area contributed by atoms with Gasteiger partial charge in [-0.1, -0.05) is 6.92 Å². The molecule has 0 aromatic carbocycles. The zero-order chi connectivity index (χ0) is 12.8. The van der Waals surface area contributed by atoms with Gasteiger partial charge in [-0.25, -0.2) is 4.98 Å². The van der Waals surface area contributed by atoms with E-state index in [0.29, 0.717) is 6.04 Å². The number of nitrogens with zero attached hydrogens (tertiary/aromatic N) is 2. The molecule has 1 aliphatic rings. The van der Waals surface area contributed by atoms with Crippen LogP contribution in [-0.4, -0.2) is 37.8 Å². The van der Waals surface area contributed by atoms with Crippen molar-refractivity contribution < 1.29 is 4.74 Å². The summed E-state index contributed by atoms with van der Waals surface area (Å²) in [7, 11) is 1.70. The number of rotatable bonds is 5. The molecular formula is C14H23N3O. The van der Waals surface area contributed by atoms with Crippen molar-refractivity contribution in [2.45, 2.75) is 32.2 Å². The first kappa shape index (κ1) is 13.1. The molecule has 0 unspecified atom stereocenters. The Kier molecular flexibility index (Phi) is 4.81. The van der Waals surface area contributed by atoms with Gasteiger partial charge in [0.05, 0.1) is 7.11 Å². The number of pyridine rings is 1. The van der Waals surface area contributed by atoms with Crippen molar-refractivity contribution in [2.75, 3.05) is 31.6 Å². The van der Waals surface area contributed by atoms with Crippen molar-refractivity contribution in [3.05, 3.63) is 18.3 Å². The van der Waals surface area contributed by atoms with Crippen LogP contribution in [0.3, 0.4) is 0 Å². The zero-order valence-electron chi connectivity index (χ0n) is 11.4. The number of piperidine rings is 1. The van der Waals surface area contributed by atoms with E-state index >= 15 is 0 Å². The predicted octanol–water partition coefficient (Wildman–Crippen LogP) is 2.06. The fourth-order valence-electron chi connectivity index (χ4n) is 2.42. The molecule has 0 amide bonds. The lowest BCUT2D eigenvalue weighted by Crippen LogP contribution is -2.43. The molecule has 0 bridgehead atoms. The number of methoxy groups -OCH3 is 1. The first-order valence-electron chi connectivity index (χ1n) is 6.82. The maximum absolute atomic E-state index is 5.37. The highest BCUT2D eigenvalue weighted by Crippen LogP contribution is 2.27. The maximum Gasteiger partial charge on any atom is 0.171 e. The van der Waals surface area contributed by atoms with Crippen LogP contribution in [0.1, 0.15) is 26.2 Å². The second kappa shape index (κ2) is 6.59. The Hall–Kier alpha value is -1.29. The molecule has 1 aromatic rings. The molecule has 0 spiro atoms. The van der Waals surface area contributed by atoms with Crippen molar-refractivity contribution in [3.63, 3.8) is 0 Å². The van der Waals surface area contributed by atoms with Crippen LogP contribution in [0, 0.1) is 0 Å². The predicted molar refractivity (Wildman–Crippen MR) is 74.3 cm³/mol. The molecule has 1 fully saturated rings. The van der Waals surface area contributed by atoms with Crippen molar-refractivity contribution in [1.82, 2.24) is 10.3 Å². The highest BCUT2D eigenvalue weighted by molar-refractivity contribution is 5.52. The van der Waals surface area contributed by atoms with Crippen molar-refractivity contribution in [1.29, 1.82) is 0 Å². The summed E-state index contributed by atoms with van der Waals surface area (Å²) in [6.07, 6.45) is 5.40. The number of anilines is 1. The minimum atomic E-state index is 0.663. The van der Waals surface area contributed by atoms with Gasteiger partial charge in [-0.15, -0.1) is 0 Å². The second-order valence-corrected chi connectivity index (χ2v) is 4.74. The van der Waals surface area contributed by atoms with Crippen LogP contribution < -0.4 is 15.0 Å². The van der Waals surface area contributed by atoms with Gasteiger partial charge in [-0.05, 0) is 37.9 Å². The minimum Gasteiger partial charge on any atom is -0.493 e. The fraction of sp³-hybridized carbons (Fsp3) is 0.643. The van der Waals surface area contributed by atoms with Gasteiger partial charge in [0.2, 0.25) is 0 Å². The Labute approximate surface area is 109 Å². The van der Waals surface area contributed by atoms with Crippen LogP contribution in [0.5, 0.6) is 5.75 Å². The molecule has 18 heavy (non-hydrogen) atoms. The summed E-state index contributed by atoms with van der Waals surface area (Å²) in [5, 5.41) is 3.59. The average molecular weight is 249 g/mol. The summed E-state index contributed by atoms with van der Waals surface area (Å²) < 4.78 is 5.37. The Balaban J connectivity index is 1.92. The number of hydrogen-bond donors (Lipinski definition) is 1. The highest BCUT2D eigenvalue weighted by Gasteiger charge is 2.21. The molecule has 4 heteroatoms. The summed E-state index contributed by atoms with van der Waals surface area (Å²) in [5.41, 5.74) is 0. The molecule has 100 valence electrons. The van der Waals surface area contributed by atoms with Crippen LogP contribution in [-0.2, 0) is 0 Å². The first-order valence-corrected chi connectivity index (χ1v) is 6.82. The van der Waals surface area contributed by atoms with E-state index in [1.54, 1.807) is 7.11 Å². The van der Waals surface area contributed by atoms with Gasteiger partial charge in [-0.3, -0.25) is 0 Å². The number of ether oxygens (including phenoxy) is 1. The summed E-state index contributed by atoms with van der Waals surface area (Å²) in [5.74, 6) is 1.85. The van der Waals surface area contributed by atoms with E-state index in [4.69, 9.17) is 4.74 Å². The van der Waals surface area contributed by atoms with E-state index in [-0.39, 0.29) is 0 Å². The molecule has 1 aromatic heterocycles. The van der Waals surface area contributed by atoms with E-state index in [2.05, 4.69) is 22.1 Å². The molecule has 0 saturated carbocycles. The Morgan fingerprint density at radius 3 is 2.89 bits per heavy atom. The Morgan fingerprint density at radius 1 is 1.44 bits per heavy atom. The van der Waals surface area contributed by atoms with Crippen molar-refractivity contribution >= 4 is 5.82 Å². The lowest BCUT2D eigenvalue weighted by atomic mass is 10.0. The van der Waals surface area contributed by atoms with Crippen LogP contribution >= 0.6 is 0 Å². The first-order chi connectivity index (χ1) is 8.85. The van der Waals surface area contributed by atoms with E-state index in [9.17, 15) is 0 Å². The molecule has 0 radical (unpaired) electrons. The molecule has 2 heterocycles. The number of aromatic nitrogens is 1. The SMILES string of the molecule is CCCNC1CCN(c2ncccc2OC)CC1. The van der Waals surface area contributed by atoms with Gasteiger partial charge in [0.1, 0.15) is 0 Å². The smallest absolute Gasteiger partial charge is 0.171 e. The Bertz CT molecular complexity index is 362. The fourth-order valence-corrected chi connectivity index (χ4v) is 2.42. The molecule has 1 saturated heterocycles. The minimum absolute atomic E-state index is 0.663. The van der Waals surface area contributed by atoms with Crippen LogP contribution in [0.15, 0.2) is 18.3 Å². The van der Waals surface area contributed by atoms with Crippen LogP contribution in [0.4, 0.5) is 5.82 Å². The third-order valence-corrected chi connectivity index (χ3v) is 3.45. The molecular weight excluding hydrogens is 226 g/mol. The molecule has 1 aliphatic heterocycles. The lowest BCUT2D eigenvalue weighted by molar-refractivity contribution is 0.395. The summed E-state index contributed by atoms with van der Waals surface area (Å²) in [6, 6.07) is 4.55.